The summed E-state index contributed by atoms with van der Waals surface area (Å²) in [5.41, 5.74) is 2.02. The quantitative estimate of drug-likeness (QED) is 0.871. The van der Waals surface area contributed by atoms with Gasteiger partial charge >= 0.3 is 0 Å². The van der Waals surface area contributed by atoms with Crippen molar-refractivity contribution < 1.29 is 5.11 Å². The molecule has 0 spiro atoms. The number of aliphatic hydroxyl groups is 1. The minimum atomic E-state index is -0.582. The molecule has 2 N–H and O–H groups in total. The number of rotatable bonds is 5. The highest BCUT2D eigenvalue weighted by Crippen LogP contribution is 2.15. The van der Waals surface area contributed by atoms with Crippen LogP contribution in [-0.2, 0) is 0 Å². The maximum absolute atomic E-state index is 10.2. The number of nitrogens with one attached hydrogen (secondary N) is 1. The lowest BCUT2D eigenvalue weighted by atomic mass is 10.1. The molecule has 0 saturated carbocycles. The van der Waals surface area contributed by atoms with Crippen molar-refractivity contribution in [3.8, 4) is 0 Å². The lowest BCUT2D eigenvalue weighted by Gasteiger charge is -2.15. The van der Waals surface area contributed by atoms with Crippen LogP contribution in [0.15, 0.2) is 36.5 Å². The number of aliphatic hydroxyl groups excluding tert-OH is 1. The number of anilines is 2. The molecule has 1 aromatic carbocycles. The molecular formula is C15H20N4O. The van der Waals surface area contributed by atoms with E-state index < -0.39 is 6.10 Å². The molecule has 106 valence electrons. The Morgan fingerprint density at radius 3 is 2.80 bits per heavy atom. The number of hydrogen-bond donors (Lipinski definition) is 2. The van der Waals surface area contributed by atoms with Crippen molar-refractivity contribution in [2.75, 3.05) is 30.9 Å². The predicted molar refractivity (Wildman–Crippen MR) is 81.0 cm³/mol. The van der Waals surface area contributed by atoms with Crippen LogP contribution in [0.2, 0.25) is 0 Å². The lowest BCUT2D eigenvalue weighted by Crippen LogP contribution is -2.16. The lowest BCUT2D eigenvalue weighted by molar-refractivity contribution is 0.191. The average Bonchev–Trinajstić information content (AvgIpc) is 2.45. The minimum absolute atomic E-state index is 0.375. The van der Waals surface area contributed by atoms with E-state index in [4.69, 9.17) is 0 Å². The molecule has 0 saturated heterocycles. The molecule has 20 heavy (non-hydrogen) atoms. The third-order valence-corrected chi connectivity index (χ3v) is 2.98. The first-order valence-electron chi connectivity index (χ1n) is 6.55. The molecule has 0 aliphatic heterocycles. The van der Waals surface area contributed by atoms with E-state index in [9.17, 15) is 5.11 Å². The van der Waals surface area contributed by atoms with Gasteiger partial charge in [-0.1, -0.05) is 29.8 Å². The van der Waals surface area contributed by atoms with E-state index in [1.807, 2.05) is 56.3 Å². The van der Waals surface area contributed by atoms with Crippen LogP contribution < -0.4 is 10.2 Å². The number of aromatic nitrogens is 2. The molecular weight excluding hydrogens is 252 g/mol. The van der Waals surface area contributed by atoms with Gasteiger partial charge in [0.25, 0.3) is 0 Å². The Morgan fingerprint density at radius 1 is 1.30 bits per heavy atom. The van der Waals surface area contributed by atoms with Gasteiger partial charge in [0.1, 0.15) is 5.82 Å². The molecule has 0 amide bonds. The maximum Gasteiger partial charge on any atom is 0.224 e. The smallest absolute Gasteiger partial charge is 0.224 e. The van der Waals surface area contributed by atoms with Crippen LogP contribution in [0.3, 0.4) is 0 Å². The van der Waals surface area contributed by atoms with Crippen molar-refractivity contribution in [1.82, 2.24) is 9.97 Å². The first kappa shape index (κ1) is 14.3. The highest BCUT2D eigenvalue weighted by Gasteiger charge is 2.08. The number of aryl methyl sites for hydroxylation is 1. The van der Waals surface area contributed by atoms with Gasteiger partial charge in [-0.2, -0.15) is 4.98 Å². The van der Waals surface area contributed by atoms with Crippen LogP contribution >= 0.6 is 0 Å². The summed E-state index contributed by atoms with van der Waals surface area (Å²) in [4.78, 5) is 10.4. The highest BCUT2D eigenvalue weighted by molar-refractivity contribution is 5.41. The molecule has 5 heteroatoms. The summed E-state index contributed by atoms with van der Waals surface area (Å²) >= 11 is 0. The fourth-order valence-corrected chi connectivity index (χ4v) is 1.87. The molecule has 0 fully saturated rings. The average molecular weight is 272 g/mol. The van der Waals surface area contributed by atoms with Crippen LogP contribution in [0.25, 0.3) is 0 Å². The summed E-state index contributed by atoms with van der Waals surface area (Å²) in [5.74, 6) is 1.34. The molecule has 0 aliphatic rings. The Labute approximate surface area is 119 Å². The number of benzene rings is 1. The molecule has 1 aromatic heterocycles. The molecule has 1 atom stereocenters. The fourth-order valence-electron chi connectivity index (χ4n) is 1.87. The second-order valence-corrected chi connectivity index (χ2v) is 4.94. The fraction of sp³-hybridized carbons (Fsp3) is 0.333. The van der Waals surface area contributed by atoms with Gasteiger partial charge in [-0.3, -0.25) is 0 Å². The molecule has 5 nitrogen and oxygen atoms in total. The highest BCUT2D eigenvalue weighted by atomic mass is 16.3. The van der Waals surface area contributed by atoms with E-state index in [2.05, 4.69) is 15.3 Å². The van der Waals surface area contributed by atoms with Crippen LogP contribution in [-0.4, -0.2) is 35.7 Å². The Balaban J connectivity index is 1.99. The Kier molecular flexibility index (Phi) is 4.53. The zero-order valence-corrected chi connectivity index (χ0v) is 12.0. The van der Waals surface area contributed by atoms with Gasteiger partial charge in [-0.05, 0) is 18.6 Å². The van der Waals surface area contributed by atoms with Crippen molar-refractivity contribution >= 4 is 11.8 Å². The zero-order chi connectivity index (χ0) is 14.5. The van der Waals surface area contributed by atoms with E-state index in [0.29, 0.717) is 12.5 Å². The predicted octanol–water partition coefficient (Wildman–Crippen LogP) is 2.00. The molecule has 0 radical (unpaired) electrons. The molecule has 2 rings (SSSR count). The maximum atomic E-state index is 10.2. The van der Waals surface area contributed by atoms with Gasteiger partial charge in [-0.15, -0.1) is 0 Å². The van der Waals surface area contributed by atoms with Gasteiger partial charge in [0.15, 0.2) is 0 Å². The third-order valence-electron chi connectivity index (χ3n) is 2.98. The van der Waals surface area contributed by atoms with E-state index in [0.717, 1.165) is 16.9 Å². The van der Waals surface area contributed by atoms with Gasteiger partial charge in [0, 0.05) is 26.8 Å². The van der Waals surface area contributed by atoms with Crippen LogP contribution in [0, 0.1) is 6.92 Å². The minimum Gasteiger partial charge on any atom is -0.387 e. The van der Waals surface area contributed by atoms with Gasteiger partial charge in [0.05, 0.1) is 6.10 Å². The van der Waals surface area contributed by atoms with Gasteiger partial charge in [-0.25, -0.2) is 4.98 Å². The standard InChI is InChI=1S/C15H20N4O/c1-11-5-4-6-12(9-11)13(20)10-17-15-16-8-7-14(18-15)19(2)3/h4-9,13,20H,10H2,1-3H3,(H,16,17,18). The number of hydrogen-bond acceptors (Lipinski definition) is 5. The Bertz CT molecular complexity index is 571. The Hall–Kier alpha value is -2.14. The van der Waals surface area contributed by atoms with Crippen molar-refractivity contribution in [2.24, 2.45) is 0 Å². The van der Waals surface area contributed by atoms with Crippen LogP contribution in [0.5, 0.6) is 0 Å². The van der Waals surface area contributed by atoms with E-state index >= 15 is 0 Å². The van der Waals surface area contributed by atoms with Gasteiger partial charge < -0.3 is 15.3 Å². The summed E-state index contributed by atoms with van der Waals surface area (Å²) in [6.07, 6.45) is 1.12. The summed E-state index contributed by atoms with van der Waals surface area (Å²) in [6, 6.07) is 9.67. The summed E-state index contributed by atoms with van der Waals surface area (Å²) < 4.78 is 0. The molecule has 0 bridgehead atoms. The third kappa shape index (κ3) is 3.68. The molecule has 1 heterocycles. The SMILES string of the molecule is Cc1cccc(C(O)CNc2nccc(N(C)C)n2)c1. The van der Waals surface area contributed by atoms with Crippen molar-refractivity contribution in [3.63, 3.8) is 0 Å². The molecule has 1 unspecified atom stereocenters. The first-order chi connectivity index (χ1) is 9.56. The van der Waals surface area contributed by atoms with E-state index in [-0.39, 0.29) is 0 Å². The van der Waals surface area contributed by atoms with E-state index in [1.165, 1.54) is 0 Å². The Morgan fingerprint density at radius 2 is 2.10 bits per heavy atom. The van der Waals surface area contributed by atoms with Crippen molar-refractivity contribution in [1.29, 1.82) is 0 Å². The second-order valence-electron chi connectivity index (χ2n) is 4.94. The zero-order valence-electron chi connectivity index (χ0n) is 12.0. The van der Waals surface area contributed by atoms with E-state index in [1.54, 1.807) is 6.20 Å². The summed E-state index contributed by atoms with van der Waals surface area (Å²) in [6.45, 7) is 2.38. The second kappa shape index (κ2) is 6.34. The van der Waals surface area contributed by atoms with Crippen molar-refractivity contribution in [3.05, 3.63) is 47.7 Å². The normalized spacial score (nSPS) is 12.0. The molecule has 2 aromatic rings. The topological polar surface area (TPSA) is 61.3 Å². The first-order valence-corrected chi connectivity index (χ1v) is 6.55. The number of nitrogens with zero attached hydrogens (tertiary/aromatic N) is 3. The molecule has 0 aliphatic carbocycles. The van der Waals surface area contributed by atoms with Gasteiger partial charge in [0.2, 0.25) is 5.95 Å². The summed E-state index contributed by atoms with van der Waals surface area (Å²) in [7, 11) is 3.85. The summed E-state index contributed by atoms with van der Waals surface area (Å²) in [5, 5.41) is 13.2. The van der Waals surface area contributed by atoms with Crippen molar-refractivity contribution in [2.45, 2.75) is 13.0 Å². The van der Waals surface area contributed by atoms with Crippen LogP contribution in [0.4, 0.5) is 11.8 Å². The van der Waals surface area contributed by atoms with Crippen LogP contribution in [0.1, 0.15) is 17.2 Å². The monoisotopic (exact) mass is 272 g/mol. The largest absolute Gasteiger partial charge is 0.387 e.